The van der Waals surface area contributed by atoms with Crippen molar-refractivity contribution in [3.05, 3.63) is 23.5 Å². The van der Waals surface area contributed by atoms with E-state index in [9.17, 15) is 9.59 Å². The fraction of sp³-hybridized carbons (Fsp3) is 0.650. The summed E-state index contributed by atoms with van der Waals surface area (Å²) in [5.41, 5.74) is 1.28. The van der Waals surface area contributed by atoms with Crippen molar-refractivity contribution in [1.29, 1.82) is 0 Å². The molecule has 1 unspecified atom stereocenters. The fourth-order valence-corrected chi connectivity index (χ4v) is 3.15. The third-order valence-corrected chi connectivity index (χ3v) is 5.04. The lowest BCUT2D eigenvalue weighted by Crippen LogP contribution is -2.48. The lowest BCUT2D eigenvalue weighted by molar-refractivity contribution is -0.135. The molecule has 1 rings (SSSR count). The summed E-state index contributed by atoms with van der Waals surface area (Å²) < 4.78 is 5.24. The average Bonchev–Trinajstić information content (AvgIpc) is 2.68. The van der Waals surface area contributed by atoms with E-state index in [1.807, 2.05) is 13.8 Å². The maximum Gasteiger partial charge on any atom is 0.255 e. The highest BCUT2D eigenvalue weighted by Gasteiger charge is 2.25. The van der Waals surface area contributed by atoms with Crippen LogP contribution in [0.3, 0.4) is 0 Å². The lowest BCUT2D eigenvalue weighted by Gasteiger charge is -2.32. The highest BCUT2D eigenvalue weighted by Crippen LogP contribution is 2.20. The monoisotopic (exact) mass is 378 g/mol. The molecule has 0 saturated heterocycles. The molecule has 0 fully saturated rings. The molecule has 7 nitrogen and oxygen atoms in total. The molecule has 27 heavy (non-hydrogen) atoms. The lowest BCUT2D eigenvalue weighted by atomic mass is 10.1. The van der Waals surface area contributed by atoms with E-state index >= 15 is 0 Å². The molecular formula is C20H34N4O3. The maximum absolute atomic E-state index is 12.8. The minimum absolute atomic E-state index is 0.0984. The van der Waals surface area contributed by atoms with Crippen LogP contribution in [0.5, 0.6) is 5.75 Å². The van der Waals surface area contributed by atoms with Gasteiger partial charge < -0.3 is 14.5 Å². The summed E-state index contributed by atoms with van der Waals surface area (Å²) in [6, 6.07) is -0.115. The predicted molar refractivity (Wildman–Crippen MR) is 107 cm³/mol. The first-order chi connectivity index (χ1) is 12.8. The standard InChI is InChI=1S/C20H34N4O3/c1-8-17(24(9-2)10-3)20(26)23(6)12-11-22(5)19(25)16-13-21-14-18(27-7)15(16)4/h13-14,17H,8-12H2,1-7H3. The summed E-state index contributed by atoms with van der Waals surface area (Å²) in [7, 11) is 5.09. The SMILES string of the molecule is CCC(C(=O)N(C)CCN(C)C(=O)c1cncc(OC)c1C)N(CC)CC. The van der Waals surface area contributed by atoms with Gasteiger partial charge in [-0.2, -0.15) is 0 Å². The molecule has 1 aromatic heterocycles. The van der Waals surface area contributed by atoms with Crippen LogP contribution >= 0.6 is 0 Å². The van der Waals surface area contributed by atoms with Crippen molar-refractivity contribution in [1.82, 2.24) is 19.7 Å². The number of hydrogen-bond donors (Lipinski definition) is 0. The number of carbonyl (C=O) groups excluding carboxylic acids is 2. The maximum atomic E-state index is 12.8. The predicted octanol–water partition coefficient (Wildman–Crippen LogP) is 2.05. The van der Waals surface area contributed by atoms with Crippen LogP contribution in [0.1, 0.15) is 43.1 Å². The third kappa shape index (κ3) is 5.66. The summed E-state index contributed by atoms with van der Waals surface area (Å²) in [6.07, 6.45) is 3.92. The molecule has 0 radical (unpaired) electrons. The van der Waals surface area contributed by atoms with Crippen molar-refractivity contribution < 1.29 is 14.3 Å². The van der Waals surface area contributed by atoms with E-state index < -0.39 is 0 Å². The first kappa shape index (κ1) is 22.9. The molecular weight excluding hydrogens is 344 g/mol. The van der Waals surface area contributed by atoms with E-state index in [-0.39, 0.29) is 17.9 Å². The number of carbonyl (C=O) groups is 2. The van der Waals surface area contributed by atoms with Gasteiger partial charge in [0.25, 0.3) is 5.91 Å². The molecule has 1 atom stereocenters. The molecule has 0 aliphatic heterocycles. The van der Waals surface area contributed by atoms with Gasteiger partial charge in [0.05, 0.1) is 24.9 Å². The zero-order valence-corrected chi connectivity index (χ0v) is 17.8. The van der Waals surface area contributed by atoms with Crippen molar-refractivity contribution in [3.8, 4) is 5.75 Å². The van der Waals surface area contributed by atoms with Crippen molar-refractivity contribution in [2.24, 2.45) is 0 Å². The van der Waals surface area contributed by atoms with Gasteiger partial charge in [0.1, 0.15) is 5.75 Å². The van der Waals surface area contributed by atoms with Crippen molar-refractivity contribution in [2.75, 3.05) is 47.4 Å². The topological polar surface area (TPSA) is 66.0 Å². The van der Waals surface area contributed by atoms with Gasteiger partial charge in [0, 0.05) is 38.9 Å². The largest absolute Gasteiger partial charge is 0.495 e. The van der Waals surface area contributed by atoms with Crippen molar-refractivity contribution in [3.63, 3.8) is 0 Å². The third-order valence-electron chi connectivity index (χ3n) is 5.04. The Morgan fingerprint density at radius 1 is 1.07 bits per heavy atom. The Kier molecular flexibility index (Phi) is 9.21. The van der Waals surface area contributed by atoms with E-state index in [0.29, 0.717) is 24.4 Å². The minimum Gasteiger partial charge on any atom is -0.495 e. The van der Waals surface area contributed by atoms with E-state index in [2.05, 4.69) is 23.7 Å². The summed E-state index contributed by atoms with van der Waals surface area (Å²) in [5, 5.41) is 0. The van der Waals surface area contributed by atoms with Crippen LogP contribution in [0.4, 0.5) is 0 Å². The van der Waals surface area contributed by atoms with E-state index in [1.165, 1.54) is 0 Å². The second-order valence-electron chi connectivity index (χ2n) is 6.65. The number of methoxy groups -OCH3 is 1. The van der Waals surface area contributed by atoms with Crippen molar-refractivity contribution in [2.45, 2.75) is 40.2 Å². The highest BCUT2D eigenvalue weighted by atomic mass is 16.5. The number of likely N-dealkylation sites (N-methyl/N-ethyl adjacent to an activating group) is 3. The van der Waals surface area contributed by atoms with Crippen LogP contribution in [-0.4, -0.2) is 84.9 Å². The Morgan fingerprint density at radius 3 is 2.19 bits per heavy atom. The van der Waals surface area contributed by atoms with Crippen LogP contribution in [0.25, 0.3) is 0 Å². The molecule has 0 saturated carbocycles. The van der Waals surface area contributed by atoms with Crippen LogP contribution in [0, 0.1) is 6.92 Å². The number of pyridine rings is 1. The molecule has 152 valence electrons. The number of ether oxygens (including phenoxy) is 1. The molecule has 0 aromatic carbocycles. The van der Waals surface area contributed by atoms with Gasteiger partial charge >= 0.3 is 0 Å². The summed E-state index contributed by atoms with van der Waals surface area (Å²) >= 11 is 0. The summed E-state index contributed by atoms with van der Waals surface area (Å²) in [5.74, 6) is 0.559. The molecule has 7 heteroatoms. The second kappa shape index (κ2) is 10.9. The Balaban J connectivity index is 2.74. The van der Waals surface area contributed by atoms with Gasteiger partial charge in [0.2, 0.25) is 5.91 Å². The number of rotatable bonds is 10. The molecule has 0 bridgehead atoms. The Hall–Kier alpha value is -2.15. The van der Waals surface area contributed by atoms with Crippen LogP contribution < -0.4 is 4.74 Å². The van der Waals surface area contributed by atoms with E-state index in [0.717, 1.165) is 25.1 Å². The van der Waals surface area contributed by atoms with Crippen LogP contribution in [0.15, 0.2) is 12.4 Å². The normalized spacial score (nSPS) is 12.0. The number of nitrogens with zero attached hydrogens (tertiary/aromatic N) is 4. The second-order valence-corrected chi connectivity index (χ2v) is 6.65. The zero-order valence-electron chi connectivity index (χ0n) is 17.8. The van der Waals surface area contributed by atoms with Gasteiger partial charge in [-0.3, -0.25) is 19.5 Å². The summed E-state index contributed by atoms with van der Waals surface area (Å²) in [6.45, 7) is 10.6. The molecule has 2 amide bonds. The number of hydrogen-bond acceptors (Lipinski definition) is 5. The molecule has 1 aromatic rings. The minimum atomic E-state index is -0.129. The molecule has 0 spiro atoms. The smallest absolute Gasteiger partial charge is 0.255 e. The Morgan fingerprint density at radius 2 is 1.67 bits per heavy atom. The zero-order chi connectivity index (χ0) is 20.6. The Bertz CT molecular complexity index is 632. The van der Waals surface area contributed by atoms with Gasteiger partial charge in [-0.1, -0.05) is 20.8 Å². The van der Waals surface area contributed by atoms with Crippen LogP contribution in [-0.2, 0) is 4.79 Å². The van der Waals surface area contributed by atoms with E-state index in [4.69, 9.17) is 4.74 Å². The van der Waals surface area contributed by atoms with Gasteiger partial charge in [0.15, 0.2) is 0 Å². The number of amides is 2. The van der Waals surface area contributed by atoms with Crippen molar-refractivity contribution >= 4 is 11.8 Å². The fourth-order valence-electron chi connectivity index (χ4n) is 3.15. The molecule has 0 aliphatic carbocycles. The first-order valence-electron chi connectivity index (χ1n) is 9.55. The average molecular weight is 379 g/mol. The van der Waals surface area contributed by atoms with Crippen LogP contribution in [0.2, 0.25) is 0 Å². The van der Waals surface area contributed by atoms with Gasteiger partial charge in [-0.05, 0) is 26.4 Å². The Labute approximate surface area is 163 Å². The number of aromatic nitrogens is 1. The van der Waals surface area contributed by atoms with Gasteiger partial charge in [-0.25, -0.2) is 0 Å². The first-order valence-corrected chi connectivity index (χ1v) is 9.55. The quantitative estimate of drug-likeness (QED) is 0.623. The summed E-state index contributed by atoms with van der Waals surface area (Å²) in [4.78, 5) is 35.1. The van der Waals surface area contributed by atoms with Gasteiger partial charge in [-0.15, -0.1) is 0 Å². The molecule has 0 aliphatic rings. The van der Waals surface area contributed by atoms with E-state index in [1.54, 1.807) is 43.4 Å². The highest BCUT2D eigenvalue weighted by molar-refractivity contribution is 5.95. The molecule has 0 N–H and O–H groups in total. The molecule has 1 heterocycles.